The smallest absolute Gasteiger partial charge is 0.265 e. The van der Waals surface area contributed by atoms with E-state index in [9.17, 15) is 4.79 Å². The molecule has 0 aliphatic rings. The van der Waals surface area contributed by atoms with Gasteiger partial charge in [-0.3, -0.25) is 4.79 Å². The Balaban J connectivity index is 1.68. The second kappa shape index (κ2) is 7.04. The molecule has 1 amide bonds. The number of carbonyl (C=O) groups excluding carboxylic acids is 1. The summed E-state index contributed by atoms with van der Waals surface area (Å²) in [5.41, 5.74) is 0.674. The Kier molecular flexibility index (Phi) is 4.66. The van der Waals surface area contributed by atoms with Gasteiger partial charge < -0.3 is 14.8 Å². The van der Waals surface area contributed by atoms with Gasteiger partial charge in [0.05, 0.1) is 7.11 Å². The van der Waals surface area contributed by atoms with E-state index >= 15 is 0 Å². The zero-order chi connectivity index (χ0) is 16.9. The number of benzene rings is 3. The lowest BCUT2D eigenvalue weighted by molar-refractivity contribution is -0.122. The molecule has 0 aliphatic heterocycles. The number of hydrogen-bond donors (Lipinski definition) is 1. The Morgan fingerprint density at radius 1 is 0.917 bits per heavy atom. The molecular formula is C20H19NO3. The summed E-state index contributed by atoms with van der Waals surface area (Å²) in [4.78, 5) is 12.3. The van der Waals surface area contributed by atoms with Crippen LogP contribution in [0.1, 0.15) is 6.92 Å². The molecule has 3 aromatic carbocycles. The first kappa shape index (κ1) is 15.9. The van der Waals surface area contributed by atoms with Crippen molar-refractivity contribution >= 4 is 22.4 Å². The zero-order valence-corrected chi connectivity index (χ0v) is 13.7. The van der Waals surface area contributed by atoms with Gasteiger partial charge in [-0.25, -0.2) is 0 Å². The zero-order valence-electron chi connectivity index (χ0n) is 13.7. The number of amides is 1. The van der Waals surface area contributed by atoms with Gasteiger partial charge in [-0.2, -0.15) is 0 Å². The SMILES string of the molecule is COc1cccc(NC(=O)[C@@H](C)Oc2ccc3ccccc3c2)c1. The van der Waals surface area contributed by atoms with Gasteiger partial charge >= 0.3 is 0 Å². The highest BCUT2D eigenvalue weighted by atomic mass is 16.5. The van der Waals surface area contributed by atoms with Gasteiger partial charge in [0.25, 0.3) is 5.91 Å². The van der Waals surface area contributed by atoms with Crippen molar-refractivity contribution < 1.29 is 14.3 Å². The van der Waals surface area contributed by atoms with E-state index in [1.165, 1.54) is 0 Å². The summed E-state index contributed by atoms with van der Waals surface area (Å²) in [7, 11) is 1.59. The van der Waals surface area contributed by atoms with Crippen molar-refractivity contribution in [3.63, 3.8) is 0 Å². The normalized spacial score (nSPS) is 11.8. The highest BCUT2D eigenvalue weighted by Gasteiger charge is 2.15. The number of rotatable bonds is 5. The number of nitrogens with one attached hydrogen (secondary N) is 1. The van der Waals surface area contributed by atoms with Crippen LogP contribution >= 0.6 is 0 Å². The first-order valence-corrected chi connectivity index (χ1v) is 7.76. The van der Waals surface area contributed by atoms with Gasteiger partial charge in [0.2, 0.25) is 0 Å². The van der Waals surface area contributed by atoms with E-state index in [1.54, 1.807) is 20.1 Å². The topological polar surface area (TPSA) is 47.6 Å². The number of methoxy groups -OCH3 is 1. The average molecular weight is 321 g/mol. The van der Waals surface area contributed by atoms with Crippen molar-refractivity contribution in [2.24, 2.45) is 0 Å². The molecule has 3 rings (SSSR count). The van der Waals surface area contributed by atoms with E-state index in [0.29, 0.717) is 17.2 Å². The molecule has 1 N–H and O–H groups in total. The van der Waals surface area contributed by atoms with Crippen LogP contribution in [0, 0.1) is 0 Å². The van der Waals surface area contributed by atoms with Crippen LogP contribution in [0.5, 0.6) is 11.5 Å². The minimum atomic E-state index is -0.614. The summed E-state index contributed by atoms with van der Waals surface area (Å²) >= 11 is 0. The molecule has 24 heavy (non-hydrogen) atoms. The molecule has 0 heterocycles. The second-order valence-electron chi connectivity index (χ2n) is 5.49. The predicted octanol–water partition coefficient (Wildman–Crippen LogP) is 4.25. The summed E-state index contributed by atoms with van der Waals surface area (Å²) in [5, 5.41) is 5.05. The molecule has 0 saturated heterocycles. The van der Waals surface area contributed by atoms with Crippen LogP contribution < -0.4 is 14.8 Å². The fourth-order valence-corrected chi connectivity index (χ4v) is 2.44. The van der Waals surface area contributed by atoms with Crippen LogP contribution in [0.3, 0.4) is 0 Å². The predicted molar refractivity (Wildman–Crippen MR) is 95.7 cm³/mol. The molecule has 4 heteroatoms. The standard InChI is InChI=1S/C20H19NO3/c1-14(20(22)21-17-8-5-9-18(13-17)23-2)24-19-11-10-15-6-3-4-7-16(15)12-19/h3-14H,1-2H3,(H,21,22)/t14-/m1/s1. The molecule has 0 aromatic heterocycles. The molecule has 122 valence electrons. The molecule has 1 atom stereocenters. The Morgan fingerprint density at radius 3 is 2.50 bits per heavy atom. The van der Waals surface area contributed by atoms with Crippen molar-refractivity contribution in [3.8, 4) is 11.5 Å². The van der Waals surface area contributed by atoms with Crippen LogP contribution in [-0.2, 0) is 4.79 Å². The van der Waals surface area contributed by atoms with Crippen molar-refractivity contribution in [3.05, 3.63) is 66.7 Å². The van der Waals surface area contributed by atoms with E-state index in [4.69, 9.17) is 9.47 Å². The van der Waals surface area contributed by atoms with Crippen molar-refractivity contribution in [2.45, 2.75) is 13.0 Å². The van der Waals surface area contributed by atoms with Crippen LogP contribution in [-0.4, -0.2) is 19.1 Å². The first-order valence-electron chi connectivity index (χ1n) is 7.76. The quantitative estimate of drug-likeness (QED) is 0.764. The Morgan fingerprint density at radius 2 is 1.71 bits per heavy atom. The Hall–Kier alpha value is -3.01. The van der Waals surface area contributed by atoms with Crippen molar-refractivity contribution in [2.75, 3.05) is 12.4 Å². The summed E-state index contributed by atoms with van der Waals surface area (Å²) in [5.74, 6) is 1.15. The molecule has 0 saturated carbocycles. The number of anilines is 1. The molecule has 3 aromatic rings. The van der Waals surface area contributed by atoms with Crippen LogP contribution in [0.15, 0.2) is 66.7 Å². The molecule has 0 radical (unpaired) electrons. The minimum Gasteiger partial charge on any atom is -0.497 e. The molecule has 4 nitrogen and oxygen atoms in total. The van der Waals surface area contributed by atoms with Gasteiger partial charge in [0.15, 0.2) is 6.10 Å². The first-order chi connectivity index (χ1) is 11.7. The fraction of sp³-hybridized carbons (Fsp3) is 0.150. The summed E-state index contributed by atoms with van der Waals surface area (Å²) in [6.07, 6.45) is -0.614. The van der Waals surface area contributed by atoms with E-state index in [1.807, 2.05) is 60.7 Å². The molecule has 0 spiro atoms. The monoisotopic (exact) mass is 321 g/mol. The summed E-state index contributed by atoms with van der Waals surface area (Å²) in [6, 6.07) is 21.0. The lowest BCUT2D eigenvalue weighted by atomic mass is 10.1. The van der Waals surface area contributed by atoms with Crippen LogP contribution in [0.2, 0.25) is 0 Å². The lowest BCUT2D eigenvalue weighted by Gasteiger charge is -2.15. The van der Waals surface area contributed by atoms with E-state index in [2.05, 4.69) is 5.32 Å². The fourth-order valence-electron chi connectivity index (χ4n) is 2.44. The lowest BCUT2D eigenvalue weighted by Crippen LogP contribution is -2.30. The third-order valence-electron chi connectivity index (χ3n) is 3.74. The molecule has 0 aliphatic carbocycles. The van der Waals surface area contributed by atoms with Gasteiger partial charge in [-0.05, 0) is 42.0 Å². The largest absolute Gasteiger partial charge is 0.497 e. The maximum absolute atomic E-state index is 12.3. The molecule has 0 fully saturated rings. The maximum atomic E-state index is 12.3. The Labute approximate surface area is 141 Å². The van der Waals surface area contributed by atoms with Crippen molar-refractivity contribution in [1.82, 2.24) is 0 Å². The minimum absolute atomic E-state index is 0.212. The highest BCUT2D eigenvalue weighted by Crippen LogP contribution is 2.22. The van der Waals surface area contributed by atoms with Gasteiger partial charge in [-0.15, -0.1) is 0 Å². The van der Waals surface area contributed by atoms with Crippen LogP contribution in [0.4, 0.5) is 5.69 Å². The average Bonchev–Trinajstić information content (AvgIpc) is 2.61. The number of hydrogen-bond acceptors (Lipinski definition) is 3. The molecule has 0 bridgehead atoms. The third kappa shape index (κ3) is 3.66. The number of fused-ring (bicyclic) bond motifs is 1. The molecule has 0 unspecified atom stereocenters. The Bertz CT molecular complexity index is 860. The third-order valence-corrected chi connectivity index (χ3v) is 3.74. The van der Waals surface area contributed by atoms with E-state index in [0.717, 1.165) is 10.8 Å². The summed E-state index contributed by atoms with van der Waals surface area (Å²) < 4.78 is 10.9. The maximum Gasteiger partial charge on any atom is 0.265 e. The summed E-state index contributed by atoms with van der Waals surface area (Å²) in [6.45, 7) is 1.73. The van der Waals surface area contributed by atoms with E-state index < -0.39 is 6.10 Å². The number of ether oxygens (including phenoxy) is 2. The highest BCUT2D eigenvalue weighted by molar-refractivity contribution is 5.94. The van der Waals surface area contributed by atoms with E-state index in [-0.39, 0.29) is 5.91 Å². The van der Waals surface area contributed by atoms with Crippen LogP contribution in [0.25, 0.3) is 10.8 Å². The van der Waals surface area contributed by atoms with Gasteiger partial charge in [0, 0.05) is 11.8 Å². The van der Waals surface area contributed by atoms with Gasteiger partial charge in [-0.1, -0.05) is 36.4 Å². The second-order valence-corrected chi connectivity index (χ2v) is 5.49. The van der Waals surface area contributed by atoms with Gasteiger partial charge in [0.1, 0.15) is 11.5 Å². The number of carbonyl (C=O) groups is 1. The van der Waals surface area contributed by atoms with Crippen molar-refractivity contribution in [1.29, 1.82) is 0 Å². The molecular weight excluding hydrogens is 302 g/mol.